The molecule has 8 rings (SSSR count). The Balaban J connectivity index is 1.47. The van der Waals surface area contributed by atoms with Gasteiger partial charge in [0.15, 0.2) is 0 Å². The van der Waals surface area contributed by atoms with Gasteiger partial charge in [0.1, 0.15) is 5.60 Å². The molecule has 0 aromatic rings. The second kappa shape index (κ2) is 10.1. The lowest BCUT2D eigenvalue weighted by Crippen LogP contribution is -2.72. The highest BCUT2D eigenvalue weighted by Crippen LogP contribution is 2.84. The van der Waals surface area contributed by atoms with Gasteiger partial charge in [0.2, 0.25) is 0 Å². The molecule has 4 unspecified atom stereocenters. The molecule has 4 nitrogen and oxygen atoms in total. The van der Waals surface area contributed by atoms with E-state index >= 15 is 0 Å². The molecular formula is C36H61NO3. The lowest BCUT2D eigenvalue weighted by Gasteiger charge is -2.79. The van der Waals surface area contributed by atoms with Crippen LogP contribution in [0.5, 0.6) is 0 Å². The average molecular weight is 556 g/mol. The Bertz CT molecular complexity index is 910. The monoisotopic (exact) mass is 555 g/mol. The third kappa shape index (κ3) is 4.67. The van der Waals surface area contributed by atoms with Crippen molar-refractivity contribution in [1.29, 1.82) is 0 Å². The van der Waals surface area contributed by atoms with Gasteiger partial charge in [0, 0.05) is 0 Å². The van der Waals surface area contributed by atoms with Crippen LogP contribution < -0.4 is 0 Å². The molecule has 4 atom stereocenters. The van der Waals surface area contributed by atoms with Crippen LogP contribution in [0.2, 0.25) is 0 Å². The van der Waals surface area contributed by atoms with Crippen LogP contribution in [0, 0.1) is 48.5 Å². The minimum atomic E-state index is -0.532. The minimum Gasteiger partial charge on any atom is -0.307 e. The van der Waals surface area contributed by atoms with Gasteiger partial charge in [-0.1, -0.05) is 79.1 Å². The molecule has 0 aromatic carbocycles. The lowest BCUT2D eigenvalue weighted by molar-refractivity contribution is -0.787. The molecule has 0 aromatic heterocycles. The SMILES string of the molecule is CCCCC12CC3CC(CCCC)(C1)CC(C14CC5(CCCC)CC(CCCC)(CC(O[N+](=O)[O-])(C5)C1)C4)(C3)C2. The normalized spacial score (nSPS) is 48.1. The number of nitrogens with zero attached hydrogens (tertiary/aromatic N) is 1. The fraction of sp³-hybridized carbons (Fsp3) is 1.00. The van der Waals surface area contributed by atoms with Gasteiger partial charge in [-0.05, 0) is 141 Å². The summed E-state index contributed by atoms with van der Waals surface area (Å²) in [7, 11) is 0. The molecule has 8 aliphatic carbocycles. The molecule has 4 heteroatoms. The fourth-order valence-corrected chi connectivity index (χ4v) is 14.5. The fourth-order valence-electron chi connectivity index (χ4n) is 14.5. The molecule has 0 saturated heterocycles. The largest absolute Gasteiger partial charge is 0.307 e. The maximum atomic E-state index is 12.2. The Morgan fingerprint density at radius 2 is 1.00 bits per heavy atom. The van der Waals surface area contributed by atoms with Gasteiger partial charge < -0.3 is 4.84 Å². The third-order valence-electron chi connectivity index (χ3n) is 14.2. The molecule has 0 N–H and O–H groups in total. The molecule has 8 fully saturated rings. The van der Waals surface area contributed by atoms with Gasteiger partial charge in [-0.3, -0.25) is 0 Å². The highest BCUT2D eigenvalue weighted by Gasteiger charge is 2.76. The smallest absolute Gasteiger partial charge is 0.295 e. The van der Waals surface area contributed by atoms with Crippen molar-refractivity contribution in [3.63, 3.8) is 0 Å². The summed E-state index contributed by atoms with van der Waals surface area (Å²) in [6.07, 6.45) is 31.5. The average Bonchev–Trinajstić information content (AvgIpc) is 2.86. The van der Waals surface area contributed by atoms with E-state index < -0.39 is 5.60 Å². The highest BCUT2D eigenvalue weighted by atomic mass is 17.0. The molecule has 8 bridgehead atoms. The number of unbranched alkanes of at least 4 members (excludes halogenated alkanes) is 4. The summed E-state index contributed by atoms with van der Waals surface area (Å²) in [5, 5.41) is 11.8. The van der Waals surface area contributed by atoms with Gasteiger partial charge in [0.25, 0.3) is 5.09 Å². The molecule has 8 aliphatic rings. The first kappa shape index (κ1) is 29.3. The van der Waals surface area contributed by atoms with Crippen LogP contribution in [0.3, 0.4) is 0 Å². The van der Waals surface area contributed by atoms with Crippen LogP contribution in [-0.2, 0) is 4.84 Å². The Hall–Kier alpha value is -0.800. The van der Waals surface area contributed by atoms with Crippen molar-refractivity contribution in [2.24, 2.45) is 38.4 Å². The van der Waals surface area contributed by atoms with Crippen molar-refractivity contribution in [2.75, 3.05) is 0 Å². The predicted octanol–water partition coefficient (Wildman–Crippen LogP) is 11.0. The summed E-state index contributed by atoms with van der Waals surface area (Å²) >= 11 is 0. The van der Waals surface area contributed by atoms with Crippen LogP contribution >= 0.6 is 0 Å². The maximum absolute atomic E-state index is 12.2. The van der Waals surface area contributed by atoms with Crippen LogP contribution in [0.15, 0.2) is 0 Å². The summed E-state index contributed by atoms with van der Waals surface area (Å²) in [6, 6.07) is 0. The number of hydrogen-bond donors (Lipinski definition) is 0. The molecule has 40 heavy (non-hydrogen) atoms. The summed E-state index contributed by atoms with van der Waals surface area (Å²) in [4.78, 5) is 18.2. The Morgan fingerprint density at radius 1 is 0.575 bits per heavy atom. The zero-order chi connectivity index (χ0) is 28.3. The first-order chi connectivity index (χ1) is 19.1. The summed E-state index contributed by atoms with van der Waals surface area (Å²) in [5.41, 5.74) is 1.68. The van der Waals surface area contributed by atoms with E-state index in [4.69, 9.17) is 4.84 Å². The van der Waals surface area contributed by atoms with E-state index in [1.54, 1.807) is 0 Å². The number of hydrogen-bond acceptors (Lipinski definition) is 3. The topological polar surface area (TPSA) is 52.4 Å². The second-order valence-corrected chi connectivity index (χ2v) is 17.5. The quantitative estimate of drug-likeness (QED) is 0.149. The van der Waals surface area contributed by atoms with Crippen molar-refractivity contribution in [1.82, 2.24) is 0 Å². The van der Waals surface area contributed by atoms with E-state index in [2.05, 4.69) is 27.7 Å². The molecule has 0 spiro atoms. The summed E-state index contributed by atoms with van der Waals surface area (Å²) in [6.45, 7) is 9.44. The van der Waals surface area contributed by atoms with Crippen molar-refractivity contribution >= 4 is 0 Å². The molecule has 0 aliphatic heterocycles. The Labute approximate surface area is 245 Å². The van der Waals surface area contributed by atoms with Crippen LogP contribution in [0.1, 0.15) is 182 Å². The molecule has 0 amide bonds. The van der Waals surface area contributed by atoms with Crippen molar-refractivity contribution in [3.8, 4) is 0 Å². The van der Waals surface area contributed by atoms with E-state index in [1.165, 1.54) is 135 Å². The summed E-state index contributed by atoms with van der Waals surface area (Å²) in [5.74, 6) is 0.892. The molecular weight excluding hydrogens is 494 g/mol. The van der Waals surface area contributed by atoms with Gasteiger partial charge in [-0.25, -0.2) is 0 Å². The first-order valence-electron chi connectivity index (χ1n) is 17.9. The van der Waals surface area contributed by atoms with E-state index in [-0.39, 0.29) is 21.3 Å². The van der Waals surface area contributed by atoms with Crippen molar-refractivity contribution in [2.45, 2.75) is 187 Å². The second-order valence-electron chi connectivity index (χ2n) is 17.5. The first-order valence-corrected chi connectivity index (χ1v) is 17.9. The minimum absolute atomic E-state index is 0.244. The van der Waals surface area contributed by atoms with E-state index in [0.29, 0.717) is 16.2 Å². The van der Waals surface area contributed by atoms with Crippen molar-refractivity contribution in [3.05, 3.63) is 10.1 Å². The summed E-state index contributed by atoms with van der Waals surface area (Å²) < 4.78 is 0. The zero-order valence-electron chi connectivity index (χ0n) is 26.7. The van der Waals surface area contributed by atoms with Crippen molar-refractivity contribution < 1.29 is 9.92 Å². The van der Waals surface area contributed by atoms with Crippen LogP contribution in [0.4, 0.5) is 0 Å². The van der Waals surface area contributed by atoms with Gasteiger partial charge in [-0.15, -0.1) is 10.1 Å². The predicted molar refractivity (Wildman–Crippen MR) is 162 cm³/mol. The highest BCUT2D eigenvalue weighted by molar-refractivity contribution is 5.26. The Morgan fingerprint density at radius 3 is 1.45 bits per heavy atom. The third-order valence-corrected chi connectivity index (χ3v) is 14.2. The van der Waals surface area contributed by atoms with Gasteiger partial charge in [0.05, 0.1) is 0 Å². The zero-order valence-corrected chi connectivity index (χ0v) is 26.7. The molecule has 8 saturated carbocycles. The van der Waals surface area contributed by atoms with E-state index in [1.807, 2.05) is 0 Å². The van der Waals surface area contributed by atoms with Crippen LogP contribution in [0.25, 0.3) is 0 Å². The van der Waals surface area contributed by atoms with Gasteiger partial charge in [-0.2, -0.15) is 0 Å². The molecule has 228 valence electrons. The number of rotatable bonds is 15. The van der Waals surface area contributed by atoms with Crippen LogP contribution in [-0.4, -0.2) is 10.7 Å². The lowest BCUT2D eigenvalue weighted by atomic mass is 9.26. The van der Waals surface area contributed by atoms with Gasteiger partial charge >= 0.3 is 0 Å². The molecule has 0 heterocycles. The van der Waals surface area contributed by atoms with E-state index in [0.717, 1.165) is 25.2 Å². The van der Waals surface area contributed by atoms with E-state index in [9.17, 15) is 10.1 Å². The maximum Gasteiger partial charge on any atom is 0.295 e. The Kier molecular flexibility index (Phi) is 7.42. The molecule has 0 radical (unpaired) electrons. The standard InChI is InChI=1S/C36H61NO3/c1-5-9-13-30-17-29-18-31(20-30,14-10-6-2)23-34(19-29,22-30)35-24-32(15-11-7-3)21-33(25-35,16-12-8-4)27-36(26-32,28-35)40-37(38)39/h29H,5-28H2,1-4H3.